The summed E-state index contributed by atoms with van der Waals surface area (Å²) >= 11 is 0. The van der Waals surface area contributed by atoms with E-state index in [4.69, 9.17) is 4.74 Å². The number of aryl methyl sites for hydroxylation is 5. The third kappa shape index (κ3) is 4.33. The number of rotatable bonds is 4. The lowest BCUT2D eigenvalue weighted by atomic mass is 10.0. The van der Waals surface area contributed by atoms with Gasteiger partial charge in [-0.15, -0.1) is 12.4 Å². The van der Waals surface area contributed by atoms with Crippen LogP contribution in [-0.2, 0) is 14.1 Å². The minimum absolute atomic E-state index is 0. The van der Waals surface area contributed by atoms with Crippen LogP contribution in [0.4, 0.5) is 0 Å². The van der Waals surface area contributed by atoms with Gasteiger partial charge in [-0.3, -0.25) is 14.6 Å². The number of halogens is 1. The van der Waals surface area contributed by atoms with Crippen LogP contribution in [0.2, 0.25) is 0 Å². The molecule has 5 aromatic rings. The number of aromatic amines is 1. The second kappa shape index (κ2) is 9.51. The predicted molar refractivity (Wildman–Crippen MR) is 145 cm³/mol. The highest BCUT2D eigenvalue weighted by molar-refractivity contribution is 5.98. The number of hydrogen-bond donors (Lipinski definition) is 1. The summed E-state index contributed by atoms with van der Waals surface area (Å²) in [5.41, 5.74) is 6.09. The first-order valence-corrected chi connectivity index (χ1v) is 11.3. The standard InChI is InChI=1S/C28H26N4O3.ClH/c1-16-7-6-8-17(2)27(16)35-24-15-31(4)25(33)13-20(24)22-14-32(5)28(34)26-21(22)12-23(30-26)19-9-10-29-18(3)11-19;/h6-15,30H,1-5H3;1H. The molecule has 0 saturated heterocycles. The van der Waals surface area contributed by atoms with Gasteiger partial charge in [-0.1, -0.05) is 18.2 Å². The molecule has 0 unspecified atom stereocenters. The van der Waals surface area contributed by atoms with Crippen molar-refractivity contribution in [2.45, 2.75) is 20.8 Å². The van der Waals surface area contributed by atoms with E-state index in [0.29, 0.717) is 16.8 Å². The van der Waals surface area contributed by atoms with Crippen LogP contribution in [0.5, 0.6) is 11.5 Å². The molecule has 1 aromatic carbocycles. The Morgan fingerprint density at radius 2 is 1.61 bits per heavy atom. The highest BCUT2D eigenvalue weighted by Gasteiger charge is 2.19. The van der Waals surface area contributed by atoms with Crippen LogP contribution in [0, 0.1) is 20.8 Å². The highest BCUT2D eigenvalue weighted by Crippen LogP contribution is 2.38. The molecule has 0 aliphatic rings. The molecule has 36 heavy (non-hydrogen) atoms. The molecule has 4 heterocycles. The number of nitrogens with zero attached hydrogens (tertiary/aromatic N) is 3. The summed E-state index contributed by atoms with van der Waals surface area (Å²) in [6.07, 6.45) is 5.19. The van der Waals surface area contributed by atoms with Gasteiger partial charge < -0.3 is 18.9 Å². The Balaban J connectivity index is 0.00000304. The third-order valence-corrected chi connectivity index (χ3v) is 6.28. The summed E-state index contributed by atoms with van der Waals surface area (Å²) in [6.45, 7) is 5.90. The van der Waals surface area contributed by atoms with Crippen molar-refractivity contribution in [1.29, 1.82) is 0 Å². The number of nitrogens with one attached hydrogen (secondary N) is 1. The molecule has 5 rings (SSSR count). The van der Waals surface area contributed by atoms with E-state index in [-0.39, 0.29) is 23.5 Å². The van der Waals surface area contributed by atoms with Crippen molar-refractivity contribution in [2.24, 2.45) is 14.1 Å². The Labute approximate surface area is 214 Å². The zero-order chi connectivity index (χ0) is 24.9. The van der Waals surface area contributed by atoms with E-state index >= 15 is 0 Å². The molecule has 0 aliphatic carbocycles. The van der Waals surface area contributed by atoms with Gasteiger partial charge in [0, 0.05) is 66.0 Å². The molecule has 0 spiro atoms. The van der Waals surface area contributed by atoms with Gasteiger partial charge in [-0.05, 0) is 50.1 Å². The summed E-state index contributed by atoms with van der Waals surface area (Å²) in [4.78, 5) is 33.3. The molecule has 0 atom stereocenters. The fraction of sp³-hybridized carbons (Fsp3) is 0.179. The maximum absolute atomic E-state index is 13.0. The molecule has 8 heteroatoms. The topological polar surface area (TPSA) is 81.9 Å². The molecule has 0 fully saturated rings. The van der Waals surface area contributed by atoms with E-state index in [1.165, 1.54) is 9.13 Å². The van der Waals surface area contributed by atoms with Gasteiger partial charge in [0.25, 0.3) is 11.1 Å². The van der Waals surface area contributed by atoms with Crippen LogP contribution < -0.4 is 15.9 Å². The van der Waals surface area contributed by atoms with E-state index in [0.717, 1.165) is 44.8 Å². The second-order valence-electron chi connectivity index (χ2n) is 8.94. The smallest absolute Gasteiger partial charge is 0.274 e. The molecular weight excluding hydrogens is 476 g/mol. The number of fused-ring (bicyclic) bond motifs is 1. The van der Waals surface area contributed by atoms with Crippen molar-refractivity contribution >= 4 is 23.3 Å². The summed E-state index contributed by atoms with van der Waals surface area (Å²) in [5, 5.41) is 0.720. The number of ether oxygens (including phenoxy) is 1. The van der Waals surface area contributed by atoms with Crippen molar-refractivity contribution in [3.05, 3.63) is 98.6 Å². The first kappa shape index (κ1) is 25.0. The number of aromatic nitrogens is 4. The maximum atomic E-state index is 13.0. The molecule has 0 aliphatic heterocycles. The molecular formula is C28H27ClN4O3. The van der Waals surface area contributed by atoms with E-state index in [1.807, 2.05) is 57.2 Å². The van der Waals surface area contributed by atoms with Crippen molar-refractivity contribution < 1.29 is 4.74 Å². The Hall–Kier alpha value is -4.10. The van der Waals surface area contributed by atoms with Gasteiger partial charge in [-0.25, -0.2) is 0 Å². The molecule has 184 valence electrons. The van der Waals surface area contributed by atoms with Crippen LogP contribution >= 0.6 is 12.4 Å². The number of para-hydroxylation sites is 1. The summed E-state index contributed by atoms with van der Waals surface area (Å²) < 4.78 is 9.44. The Bertz CT molecular complexity index is 1710. The zero-order valence-corrected chi connectivity index (χ0v) is 21.6. The van der Waals surface area contributed by atoms with Crippen LogP contribution in [0.25, 0.3) is 33.3 Å². The minimum atomic E-state index is -0.170. The van der Waals surface area contributed by atoms with Gasteiger partial charge >= 0.3 is 0 Å². The van der Waals surface area contributed by atoms with Crippen molar-refractivity contribution in [3.63, 3.8) is 0 Å². The molecule has 7 nitrogen and oxygen atoms in total. The average molecular weight is 503 g/mol. The Morgan fingerprint density at radius 3 is 2.31 bits per heavy atom. The van der Waals surface area contributed by atoms with Crippen LogP contribution in [0.15, 0.2) is 70.6 Å². The lowest BCUT2D eigenvalue weighted by Crippen LogP contribution is -2.18. The van der Waals surface area contributed by atoms with Crippen LogP contribution in [-0.4, -0.2) is 19.1 Å². The van der Waals surface area contributed by atoms with Crippen molar-refractivity contribution in [2.75, 3.05) is 0 Å². The third-order valence-electron chi connectivity index (χ3n) is 6.28. The Kier molecular flexibility index (Phi) is 6.61. The maximum Gasteiger partial charge on any atom is 0.274 e. The normalized spacial score (nSPS) is 10.9. The van der Waals surface area contributed by atoms with Crippen molar-refractivity contribution in [3.8, 4) is 33.9 Å². The first-order chi connectivity index (χ1) is 16.7. The SMILES string of the molecule is Cc1cc(-c2cc3c(-c4cc(=O)n(C)cc4Oc4c(C)cccc4C)cn(C)c(=O)c3[nH]2)ccn1.Cl. The quantitative estimate of drug-likeness (QED) is 0.355. The molecule has 4 aromatic heterocycles. The van der Waals surface area contributed by atoms with Gasteiger partial charge in [0.05, 0.1) is 6.20 Å². The monoisotopic (exact) mass is 502 g/mol. The lowest BCUT2D eigenvalue weighted by Gasteiger charge is -2.17. The van der Waals surface area contributed by atoms with E-state index in [1.54, 1.807) is 38.8 Å². The number of benzene rings is 1. The highest BCUT2D eigenvalue weighted by atomic mass is 35.5. The Morgan fingerprint density at radius 1 is 0.889 bits per heavy atom. The first-order valence-electron chi connectivity index (χ1n) is 11.3. The van der Waals surface area contributed by atoms with Crippen LogP contribution in [0.1, 0.15) is 16.8 Å². The second-order valence-corrected chi connectivity index (χ2v) is 8.94. The lowest BCUT2D eigenvalue weighted by molar-refractivity contribution is 0.470. The van der Waals surface area contributed by atoms with Gasteiger partial charge in [0.15, 0.2) is 5.75 Å². The summed E-state index contributed by atoms with van der Waals surface area (Å²) in [7, 11) is 3.40. The molecule has 0 radical (unpaired) electrons. The van der Waals surface area contributed by atoms with E-state index in [2.05, 4.69) is 9.97 Å². The van der Waals surface area contributed by atoms with E-state index < -0.39 is 0 Å². The predicted octanol–water partition coefficient (Wildman–Crippen LogP) is 5.43. The molecule has 0 amide bonds. The fourth-order valence-corrected chi connectivity index (χ4v) is 4.38. The number of hydrogen-bond acceptors (Lipinski definition) is 4. The zero-order valence-electron chi connectivity index (χ0n) is 20.7. The summed E-state index contributed by atoms with van der Waals surface area (Å²) in [6, 6.07) is 13.3. The van der Waals surface area contributed by atoms with Gasteiger partial charge in [0.2, 0.25) is 0 Å². The van der Waals surface area contributed by atoms with Gasteiger partial charge in [0.1, 0.15) is 11.3 Å². The molecule has 0 bridgehead atoms. The summed E-state index contributed by atoms with van der Waals surface area (Å²) in [5.74, 6) is 1.28. The number of H-pyrrole nitrogens is 1. The fourth-order valence-electron chi connectivity index (χ4n) is 4.38. The molecule has 1 N–H and O–H groups in total. The largest absolute Gasteiger partial charge is 0.455 e. The van der Waals surface area contributed by atoms with Crippen molar-refractivity contribution in [1.82, 2.24) is 19.1 Å². The van der Waals surface area contributed by atoms with Crippen LogP contribution in [0.3, 0.4) is 0 Å². The molecule has 0 saturated carbocycles. The van der Waals surface area contributed by atoms with Gasteiger partial charge in [-0.2, -0.15) is 0 Å². The minimum Gasteiger partial charge on any atom is -0.455 e. The average Bonchev–Trinajstić information content (AvgIpc) is 3.27. The van der Waals surface area contributed by atoms with E-state index in [9.17, 15) is 9.59 Å². The number of pyridine rings is 3.